The topological polar surface area (TPSA) is 112 Å². The molecule has 0 spiro atoms. The van der Waals surface area contributed by atoms with E-state index in [1.165, 1.54) is 19.2 Å². The van der Waals surface area contributed by atoms with E-state index in [1.807, 2.05) is 6.07 Å². The Labute approximate surface area is 155 Å². The molecule has 26 heavy (non-hydrogen) atoms. The summed E-state index contributed by atoms with van der Waals surface area (Å²) in [6.45, 7) is 1.81. The lowest BCUT2D eigenvalue weighted by Gasteiger charge is -2.27. The first kappa shape index (κ1) is 19.3. The van der Waals surface area contributed by atoms with Gasteiger partial charge in [-0.25, -0.2) is 9.59 Å². The second kappa shape index (κ2) is 8.41. The van der Waals surface area contributed by atoms with Crippen LogP contribution in [0.2, 0.25) is 0 Å². The highest BCUT2D eigenvalue weighted by molar-refractivity contribution is 6.19. The summed E-state index contributed by atoms with van der Waals surface area (Å²) in [5.74, 6) is -2.08. The van der Waals surface area contributed by atoms with Gasteiger partial charge in [0.15, 0.2) is 0 Å². The Hall–Kier alpha value is -2.98. The Balaban J connectivity index is 2.59. The highest BCUT2D eigenvalue weighted by atomic mass is 35.5. The summed E-state index contributed by atoms with van der Waals surface area (Å²) >= 11 is 5.90. The summed E-state index contributed by atoms with van der Waals surface area (Å²) < 4.78 is 15.1. The van der Waals surface area contributed by atoms with Crippen molar-refractivity contribution < 1.29 is 23.8 Å². The molecule has 2 rings (SSSR count). The van der Waals surface area contributed by atoms with E-state index in [0.29, 0.717) is 11.1 Å². The molecule has 1 aromatic rings. The predicted octanol–water partition coefficient (Wildman–Crippen LogP) is 2.34. The number of esters is 2. The molecule has 1 aliphatic heterocycles. The van der Waals surface area contributed by atoms with Crippen molar-refractivity contribution in [2.24, 2.45) is 5.73 Å². The number of methoxy groups -OCH3 is 1. The number of ether oxygens (including phenoxy) is 3. The molecule has 0 saturated carbocycles. The third-order valence-electron chi connectivity index (χ3n) is 3.78. The fourth-order valence-corrected chi connectivity index (χ4v) is 2.81. The molecular weight excluding hydrogens is 360 g/mol. The fourth-order valence-electron chi connectivity index (χ4n) is 2.61. The van der Waals surface area contributed by atoms with Gasteiger partial charge in [-0.2, -0.15) is 5.26 Å². The summed E-state index contributed by atoms with van der Waals surface area (Å²) in [6.07, 6.45) is 0. The average Bonchev–Trinajstić information content (AvgIpc) is 2.66. The molecule has 0 saturated heterocycles. The van der Waals surface area contributed by atoms with Crippen molar-refractivity contribution in [1.82, 2.24) is 0 Å². The summed E-state index contributed by atoms with van der Waals surface area (Å²) in [7, 11) is 1.28. The van der Waals surface area contributed by atoms with Gasteiger partial charge in [0.25, 0.3) is 0 Å². The number of nitrogens with zero attached hydrogens (tertiary/aromatic N) is 1. The van der Waals surface area contributed by atoms with Gasteiger partial charge in [0, 0.05) is 0 Å². The maximum atomic E-state index is 12.5. The third kappa shape index (κ3) is 3.65. The zero-order valence-corrected chi connectivity index (χ0v) is 15.0. The zero-order valence-electron chi connectivity index (χ0n) is 14.2. The lowest BCUT2D eigenvalue weighted by Crippen LogP contribution is -2.26. The minimum atomic E-state index is -0.812. The number of benzene rings is 1. The van der Waals surface area contributed by atoms with Gasteiger partial charge in [-0.3, -0.25) is 0 Å². The number of carbonyl (C=O) groups is 2. The molecule has 0 aliphatic carbocycles. The summed E-state index contributed by atoms with van der Waals surface area (Å²) in [5.41, 5.74) is 6.90. The normalized spacial score (nSPS) is 16.6. The van der Waals surface area contributed by atoms with Crippen molar-refractivity contribution in [3.05, 3.63) is 58.2 Å². The van der Waals surface area contributed by atoms with E-state index in [1.54, 1.807) is 19.1 Å². The zero-order chi connectivity index (χ0) is 19.3. The standard InChI is InChI=1S/C18H17ClN2O5/c1-3-25-18(23)15-13(8-19)26-16(21)12(9-20)14(15)10-4-6-11(7-5-10)17(22)24-2/h4-7,14H,3,8,21H2,1-2H3. The van der Waals surface area contributed by atoms with Gasteiger partial charge in [0.2, 0.25) is 5.88 Å². The first-order valence-corrected chi connectivity index (χ1v) is 8.23. The quantitative estimate of drug-likeness (QED) is 0.620. The fraction of sp³-hybridized carbons (Fsp3) is 0.278. The van der Waals surface area contributed by atoms with Crippen LogP contribution < -0.4 is 5.73 Å². The smallest absolute Gasteiger partial charge is 0.338 e. The monoisotopic (exact) mass is 376 g/mol. The van der Waals surface area contributed by atoms with E-state index in [0.717, 1.165) is 0 Å². The molecule has 1 aliphatic rings. The number of rotatable bonds is 5. The average molecular weight is 377 g/mol. The maximum Gasteiger partial charge on any atom is 0.338 e. The van der Waals surface area contributed by atoms with Crippen LogP contribution in [-0.4, -0.2) is 31.5 Å². The van der Waals surface area contributed by atoms with Gasteiger partial charge in [-0.15, -0.1) is 11.6 Å². The molecule has 0 radical (unpaired) electrons. The van der Waals surface area contributed by atoms with Crippen LogP contribution in [-0.2, 0) is 19.0 Å². The second-order valence-corrected chi connectivity index (χ2v) is 5.50. The molecule has 0 fully saturated rings. The number of nitriles is 1. The minimum absolute atomic E-state index is 0.0627. The van der Waals surface area contributed by atoms with Crippen LogP contribution in [0.3, 0.4) is 0 Å². The second-order valence-electron chi connectivity index (χ2n) is 5.23. The summed E-state index contributed by atoms with van der Waals surface area (Å²) in [6, 6.07) is 8.26. The molecule has 0 bridgehead atoms. The van der Waals surface area contributed by atoms with E-state index in [9.17, 15) is 14.9 Å². The number of halogens is 1. The Morgan fingerprint density at radius 1 is 1.31 bits per heavy atom. The van der Waals surface area contributed by atoms with Crippen LogP contribution >= 0.6 is 11.6 Å². The van der Waals surface area contributed by atoms with Gasteiger partial charge in [-0.05, 0) is 24.6 Å². The Bertz CT molecular complexity index is 821. The SMILES string of the molecule is CCOC(=O)C1=C(CCl)OC(N)=C(C#N)C1c1ccc(C(=O)OC)cc1. The van der Waals surface area contributed by atoms with Crippen LogP contribution in [0.5, 0.6) is 0 Å². The number of allylic oxidation sites excluding steroid dienone is 2. The largest absolute Gasteiger partial charge is 0.465 e. The van der Waals surface area contributed by atoms with E-state index in [4.69, 9.17) is 26.8 Å². The van der Waals surface area contributed by atoms with E-state index in [2.05, 4.69) is 4.74 Å². The van der Waals surface area contributed by atoms with Gasteiger partial charge in [0.1, 0.15) is 17.4 Å². The van der Waals surface area contributed by atoms with Crippen LogP contribution in [0.25, 0.3) is 0 Å². The lowest BCUT2D eigenvalue weighted by molar-refractivity contribution is -0.139. The summed E-state index contributed by atoms with van der Waals surface area (Å²) in [5, 5.41) is 9.51. The van der Waals surface area contributed by atoms with Crippen LogP contribution in [0.1, 0.15) is 28.8 Å². The number of nitrogens with two attached hydrogens (primary N) is 1. The maximum absolute atomic E-state index is 12.5. The Kier molecular flexibility index (Phi) is 6.26. The Morgan fingerprint density at radius 3 is 2.46 bits per heavy atom. The van der Waals surface area contributed by atoms with E-state index in [-0.39, 0.29) is 35.3 Å². The minimum Gasteiger partial charge on any atom is -0.465 e. The molecule has 1 heterocycles. The molecule has 8 heteroatoms. The van der Waals surface area contributed by atoms with E-state index >= 15 is 0 Å². The van der Waals surface area contributed by atoms with Gasteiger partial charge in [-0.1, -0.05) is 12.1 Å². The van der Waals surface area contributed by atoms with Crippen molar-refractivity contribution in [3.63, 3.8) is 0 Å². The van der Waals surface area contributed by atoms with Crippen molar-refractivity contribution in [1.29, 1.82) is 5.26 Å². The van der Waals surface area contributed by atoms with Crippen molar-refractivity contribution in [3.8, 4) is 6.07 Å². The van der Waals surface area contributed by atoms with Crippen molar-refractivity contribution in [2.45, 2.75) is 12.8 Å². The predicted molar refractivity (Wildman–Crippen MR) is 92.8 cm³/mol. The van der Waals surface area contributed by atoms with E-state index < -0.39 is 17.9 Å². The molecule has 0 aromatic heterocycles. The van der Waals surface area contributed by atoms with Gasteiger partial charge in [0.05, 0.1) is 36.7 Å². The van der Waals surface area contributed by atoms with Crippen LogP contribution in [0.4, 0.5) is 0 Å². The Morgan fingerprint density at radius 2 is 1.96 bits per heavy atom. The summed E-state index contributed by atoms with van der Waals surface area (Å²) in [4.78, 5) is 24.1. The number of hydrogen-bond donors (Lipinski definition) is 1. The first-order valence-electron chi connectivity index (χ1n) is 7.70. The molecule has 0 amide bonds. The molecule has 1 aromatic carbocycles. The van der Waals surface area contributed by atoms with Crippen LogP contribution in [0, 0.1) is 11.3 Å². The highest BCUT2D eigenvalue weighted by Crippen LogP contribution is 2.40. The van der Waals surface area contributed by atoms with Gasteiger partial charge < -0.3 is 19.9 Å². The van der Waals surface area contributed by atoms with Crippen molar-refractivity contribution in [2.75, 3.05) is 19.6 Å². The molecule has 136 valence electrons. The van der Waals surface area contributed by atoms with Crippen molar-refractivity contribution >= 4 is 23.5 Å². The number of alkyl halides is 1. The first-order chi connectivity index (χ1) is 12.5. The number of carbonyl (C=O) groups excluding carboxylic acids is 2. The molecule has 1 unspecified atom stereocenters. The number of hydrogen-bond acceptors (Lipinski definition) is 7. The van der Waals surface area contributed by atoms with Gasteiger partial charge >= 0.3 is 11.9 Å². The highest BCUT2D eigenvalue weighted by Gasteiger charge is 2.37. The molecular formula is C18H17ClN2O5. The third-order valence-corrected chi connectivity index (χ3v) is 4.02. The van der Waals surface area contributed by atoms with Crippen LogP contribution in [0.15, 0.2) is 47.1 Å². The lowest BCUT2D eigenvalue weighted by atomic mass is 9.83. The molecule has 7 nitrogen and oxygen atoms in total. The molecule has 2 N–H and O–H groups in total. The molecule has 1 atom stereocenters.